The zero-order valence-corrected chi connectivity index (χ0v) is 8.13. The van der Waals surface area contributed by atoms with Gasteiger partial charge < -0.3 is 0 Å². The van der Waals surface area contributed by atoms with Gasteiger partial charge in [0, 0.05) is 0 Å². The summed E-state index contributed by atoms with van der Waals surface area (Å²) in [5.41, 5.74) is 1.16. The fourth-order valence-corrected chi connectivity index (χ4v) is 3.57. The maximum Gasteiger partial charge on any atom is 0.150 e. The molecular formula is C10H12O2S. The maximum absolute atomic E-state index is 11.2. The smallest absolute Gasteiger partial charge is 0.150 e. The summed E-state index contributed by atoms with van der Waals surface area (Å²) in [6.45, 7) is 0. The van der Waals surface area contributed by atoms with Crippen LogP contribution in [0.15, 0.2) is 30.3 Å². The monoisotopic (exact) mass is 196 g/mol. The average Bonchev–Trinajstić information content (AvgIpc) is 2.48. The van der Waals surface area contributed by atoms with Crippen LogP contribution in [0.4, 0.5) is 0 Å². The predicted octanol–water partition coefficient (Wildman–Crippen LogP) is 1.59. The van der Waals surface area contributed by atoms with Crippen LogP contribution in [0.5, 0.6) is 0 Å². The molecule has 13 heavy (non-hydrogen) atoms. The number of hydrogen-bond donors (Lipinski definition) is 0. The Morgan fingerprint density at radius 2 is 1.85 bits per heavy atom. The van der Waals surface area contributed by atoms with Gasteiger partial charge in [0.25, 0.3) is 0 Å². The van der Waals surface area contributed by atoms with E-state index in [1.807, 2.05) is 30.3 Å². The van der Waals surface area contributed by atoms with E-state index in [0.717, 1.165) is 12.0 Å². The van der Waals surface area contributed by atoms with Crippen molar-refractivity contribution in [1.82, 2.24) is 0 Å². The lowest BCUT2D eigenvalue weighted by Crippen LogP contribution is -2.03. The van der Waals surface area contributed by atoms with Crippen LogP contribution in [0.3, 0.4) is 0 Å². The summed E-state index contributed by atoms with van der Waals surface area (Å²) >= 11 is 0. The molecular weight excluding hydrogens is 184 g/mol. The van der Waals surface area contributed by atoms with Crippen molar-refractivity contribution in [2.75, 3.05) is 11.5 Å². The van der Waals surface area contributed by atoms with Gasteiger partial charge in [-0.2, -0.15) is 0 Å². The second-order valence-electron chi connectivity index (χ2n) is 3.51. The third kappa shape index (κ3) is 1.91. The van der Waals surface area contributed by atoms with Crippen LogP contribution in [0.25, 0.3) is 0 Å². The summed E-state index contributed by atoms with van der Waals surface area (Å²) in [6, 6.07) is 9.88. The summed E-state index contributed by atoms with van der Waals surface area (Å²) in [6.07, 6.45) is 0.784. The zero-order chi connectivity index (χ0) is 9.31. The molecule has 0 aromatic heterocycles. The highest BCUT2D eigenvalue weighted by molar-refractivity contribution is 7.91. The molecule has 1 aromatic rings. The predicted molar refractivity (Wildman–Crippen MR) is 52.5 cm³/mol. The van der Waals surface area contributed by atoms with Gasteiger partial charge in [0.05, 0.1) is 11.5 Å². The van der Waals surface area contributed by atoms with E-state index in [0.29, 0.717) is 11.5 Å². The van der Waals surface area contributed by atoms with Gasteiger partial charge in [-0.3, -0.25) is 0 Å². The molecule has 2 rings (SSSR count). The van der Waals surface area contributed by atoms with E-state index in [1.165, 1.54) is 0 Å². The molecule has 1 fully saturated rings. The lowest BCUT2D eigenvalue weighted by Gasteiger charge is -2.06. The molecule has 0 bridgehead atoms. The van der Waals surface area contributed by atoms with Crippen molar-refractivity contribution in [2.24, 2.45) is 0 Å². The minimum Gasteiger partial charge on any atom is -0.229 e. The van der Waals surface area contributed by atoms with Crippen LogP contribution in [0.2, 0.25) is 0 Å². The van der Waals surface area contributed by atoms with E-state index < -0.39 is 9.84 Å². The molecule has 1 aliphatic heterocycles. The molecule has 1 unspecified atom stereocenters. The summed E-state index contributed by atoms with van der Waals surface area (Å²) in [5, 5.41) is 0. The Bertz CT molecular complexity index is 381. The van der Waals surface area contributed by atoms with Gasteiger partial charge in [-0.05, 0) is 17.9 Å². The Labute approximate surface area is 78.5 Å². The molecule has 0 aliphatic carbocycles. The molecule has 1 aromatic carbocycles. The number of sulfone groups is 1. The van der Waals surface area contributed by atoms with Gasteiger partial charge in [0.2, 0.25) is 0 Å². The fourth-order valence-electron chi connectivity index (χ4n) is 1.78. The van der Waals surface area contributed by atoms with E-state index in [9.17, 15) is 8.42 Å². The lowest BCUT2D eigenvalue weighted by atomic mass is 9.99. The van der Waals surface area contributed by atoms with Gasteiger partial charge in [0.1, 0.15) is 0 Å². The van der Waals surface area contributed by atoms with Crippen molar-refractivity contribution >= 4 is 9.84 Å². The van der Waals surface area contributed by atoms with E-state index in [4.69, 9.17) is 0 Å². The van der Waals surface area contributed by atoms with Crippen LogP contribution in [0, 0.1) is 0 Å². The highest BCUT2D eigenvalue weighted by Crippen LogP contribution is 2.28. The summed E-state index contributed by atoms with van der Waals surface area (Å²) < 4.78 is 22.4. The first-order chi connectivity index (χ1) is 6.17. The lowest BCUT2D eigenvalue weighted by molar-refractivity contribution is 0.601. The largest absolute Gasteiger partial charge is 0.229 e. The Kier molecular flexibility index (Phi) is 2.12. The summed E-state index contributed by atoms with van der Waals surface area (Å²) in [4.78, 5) is 0. The molecule has 0 amide bonds. The third-order valence-corrected chi connectivity index (χ3v) is 4.27. The first-order valence-electron chi connectivity index (χ1n) is 4.43. The topological polar surface area (TPSA) is 34.1 Å². The molecule has 70 valence electrons. The van der Waals surface area contributed by atoms with E-state index in [-0.39, 0.29) is 5.92 Å². The standard InChI is InChI=1S/C10H12O2S/c11-13(12)7-6-10(8-13)9-4-2-1-3-5-9/h1-5,10H,6-8H2. The SMILES string of the molecule is O=S1(=O)CCC(c2ccccc2)C1. The van der Waals surface area contributed by atoms with Crippen LogP contribution in [0.1, 0.15) is 17.9 Å². The fraction of sp³-hybridized carbons (Fsp3) is 0.400. The molecule has 1 atom stereocenters. The Morgan fingerprint density at radius 1 is 1.15 bits per heavy atom. The first kappa shape index (κ1) is 8.75. The normalized spacial score (nSPS) is 26.0. The molecule has 0 radical (unpaired) electrons. The van der Waals surface area contributed by atoms with E-state index >= 15 is 0 Å². The van der Waals surface area contributed by atoms with Crippen molar-refractivity contribution < 1.29 is 8.42 Å². The Hall–Kier alpha value is -0.830. The van der Waals surface area contributed by atoms with Gasteiger partial charge in [0.15, 0.2) is 9.84 Å². The average molecular weight is 196 g/mol. The highest BCUT2D eigenvalue weighted by Gasteiger charge is 2.28. The molecule has 1 heterocycles. The van der Waals surface area contributed by atoms with Crippen molar-refractivity contribution in [3.05, 3.63) is 35.9 Å². The van der Waals surface area contributed by atoms with Crippen LogP contribution >= 0.6 is 0 Å². The molecule has 3 heteroatoms. The highest BCUT2D eigenvalue weighted by atomic mass is 32.2. The second-order valence-corrected chi connectivity index (χ2v) is 5.74. The quantitative estimate of drug-likeness (QED) is 0.683. The molecule has 1 aliphatic rings. The zero-order valence-electron chi connectivity index (χ0n) is 7.31. The van der Waals surface area contributed by atoms with Gasteiger partial charge in [-0.15, -0.1) is 0 Å². The number of hydrogen-bond acceptors (Lipinski definition) is 2. The third-order valence-electron chi connectivity index (χ3n) is 2.50. The molecule has 0 N–H and O–H groups in total. The Balaban J connectivity index is 2.22. The van der Waals surface area contributed by atoms with E-state index in [1.54, 1.807) is 0 Å². The molecule has 1 saturated heterocycles. The van der Waals surface area contributed by atoms with Crippen LogP contribution in [-0.2, 0) is 9.84 Å². The van der Waals surface area contributed by atoms with Crippen LogP contribution in [-0.4, -0.2) is 19.9 Å². The summed E-state index contributed by atoms with van der Waals surface area (Å²) in [7, 11) is -2.74. The minimum absolute atomic E-state index is 0.228. The number of benzene rings is 1. The van der Waals surface area contributed by atoms with Crippen LogP contribution < -0.4 is 0 Å². The Morgan fingerprint density at radius 3 is 2.38 bits per heavy atom. The van der Waals surface area contributed by atoms with Gasteiger partial charge in [-0.1, -0.05) is 30.3 Å². The molecule has 0 saturated carbocycles. The minimum atomic E-state index is -2.74. The molecule has 0 spiro atoms. The van der Waals surface area contributed by atoms with Gasteiger partial charge in [-0.25, -0.2) is 8.42 Å². The number of rotatable bonds is 1. The second kappa shape index (κ2) is 3.14. The summed E-state index contributed by atoms with van der Waals surface area (Å²) in [5.74, 6) is 0.912. The van der Waals surface area contributed by atoms with Crippen molar-refractivity contribution in [3.63, 3.8) is 0 Å². The van der Waals surface area contributed by atoms with Crippen molar-refractivity contribution in [3.8, 4) is 0 Å². The van der Waals surface area contributed by atoms with E-state index in [2.05, 4.69) is 0 Å². The van der Waals surface area contributed by atoms with Gasteiger partial charge >= 0.3 is 0 Å². The maximum atomic E-state index is 11.2. The van der Waals surface area contributed by atoms with Crippen molar-refractivity contribution in [2.45, 2.75) is 12.3 Å². The van der Waals surface area contributed by atoms with Crippen molar-refractivity contribution in [1.29, 1.82) is 0 Å². The first-order valence-corrected chi connectivity index (χ1v) is 6.25. The molecule has 2 nitrogen and oxygen atoms in total.